The molecule has 0 aliphatic heterocycles. The van der Waals surface area contributed by atoms with E-state index in [2.05, 4.69) is 4.98 Å². The van der Waals surface area contributed by atoms with Crippen LogP contribution in [0.1, 0.15) is 36.3 Å². The van der Waals surface area contributed by atoms with Gasteiger partial charge in [-0.15, -0.1) is 0 Å². The number of nitriles is 2. The van der Waals surface area contributed by atoms with Crippen molar-refractivity contribution in [3.63, 3.8) is 0 Å². The molecule has 0 saturated carbocycles. The van der Waals surface area contributed by atoms with E-state index >= 15 is 0 Å². The van der Waals surface area contributed by atoms with Crippen LogP contribution in [0, 0.1) is 22.7 Å². The first-order valence-electron chi connectivity index (χ1n) is 6.50. The van der Waals surface area contributed by atoms with Gasteiger partial charge in [0.25, 0.3) is 0 Å². The number of imidazole rings is 1. The highest BCUT2D eigenvalue weighted by molar-refractivity contribution is 6.30. The van der Waals surface area contributed by atoms with Crippen molar-refractivity contribution in [3.05, 3.63) is 52.6 Å². The summed E-state index contributed by atoms with van der Waals surface area (Å²) in [7, 11) is 0. The van der Waals surface area contributed by atoms with Crippen LogP contribution in [0.25, 0.3) is 0 Å². The summed E-state index contributed by atoms with van der Waals surface area (Å²) in [6.07, 6.45) is 2.21. The number of nitrogens with two attached hydrogens (primary N) is 1. The van der Waals surface area contributed by atoms with Crippen molar-refractivity contribution in [3.8, 4) is 12.1 Å². The van der Waals surface area contributed by atoms with Gasteiger partial charge in [0.15, 0.2) is 11.4 Å². The van der Waals surface area contributed by atoms with E-state index in [-0.39, 0.29) is 23.5 Å². The molecule has 2 atom stereocenters. The normalized spacial score (nSPS) is 13.2. The van der Waals surface area contributed by atoms with E-state index < -0.39 is 0 Å². The maximum atomic E-state index is 9.29. The minimum Gasteiger partial charge on any atom is -0.326 e. The van der Waals surface area contributed by atoms with Gasteiger partial charge in [-0.1, -0.05) is 30.7 Å². The van der Waals surface area contributed by atoms with Crippen LogP contribution in [-0.4, -0.2) is 15.6 Å². The molecule has 2 N–H and O–H groups in total. The third-order valence-electron chi connectivity index (χ3n) is 3.39. The average molecular weight is 300 g/mol. The molecule has 2 unspecified atom stereocenters. The molecule has 0 spiro atoms. The van der Waals surface area contributed by atoms with E-state index in [0.717, 1.165) is 12.0 Å². The zero-order valence-electron chi connectivity index (χ0n) is 11.5. The fraction of sp³-hybridized carbons (Fsp3) is 0.267. The number of rotatable bonds is 4. The van der Waals surface area contributed by atoms with E-state index in [1.165, 1.54) is 6.33 Å². The molecule has 1 aromatic carbocycles. The van der Waals surface area contributed by atoms with E-state index in [1.54, 1.807) is 16.7 Å². The Morgan fingerprint density at radius 1 is 1.29 bits per heavy atom. The van der Waals surface area contributed by atoms with Crippen LogP contribution in [0.5, 0.6) is 0 Å². The first-order valence-corrected chi connectivity index (χ1v) is 6.88. The summed E-state index contributed by atoms with van der Waals surface area (Å²) in [6, 6.07) is 10.8. The quantitative estimate of drug-likeness (QED) is 0.939. The van der Waals surface area contributed by atoms with Gasteiger partial charge in [0.05, 0.1) is 12.4 Å². The van der Waals surface area contributed by atoms with Gasteiger partial charge in [-0.25, -0.2) is 4.98 Å². The van der Waals surface area contributed by atoms with E-state index in [4.69, 9.17) is 22.6 Å². The maximum Gasteiger partial charge on any atom is 0.176 e. The second-order valence-electron chi connectivity index (χ2n) is 4.64. The van der Waals surface area contributed by atoms with Crippen molar-refractivity contribution < 1.29 is 0 Å². The Morgan fingerprint density at radius 3 is 2.48 bits per heavy atom. The van der Waals surface area contributed by atoms with Gasteiger partial charge in [0.1, 0.15) is 12.1 Å². The largest absolute Gasteiger partial charge is 0.326 e. The molecular formula is C15H14ClN5. The molecule has 106 valence electrons. The number of aromatic nitrogens is 2. The van der Waals surface area contributed by atoms with Crippen LogP contribution in [0.15, 0.2) is 30.6 Å². The molecule has 21 heavy (non-hydrogen) atoms. The smallest absolute Gasteiger partial charge is 0.176 e. The molecule has 2 rings (SSSR count). The number of hydrogen-bond acceptors (Lipinski definition) is 4. The van der Waals surface area contributed by atoms with Gasteiger partial charge in [0.2, 0.25) is 0 Å². The first kappa shape index (κ1) is 15.1. The monoisotopic (exact) mass is 299 g/mol. The van der Waals surface area contributed by atoms with Crippen molar-refractivity contribution in [2.75, 3.05) is 0 Å². The van der Waals surface area contributed by atoms with Gasteiger partial charge in [-0.3, -0.25) is 0 Å². The maximum absolute atomic E-state index is 9.29. The van der Waals surface area contributed by atoms with E-state index in [9.17, 15) is 5.26 Å². The third-order valence-corrected chi connectivity index (χ3v) is 3.65. The Morgan fingerprint density at radius 2 is 1.95 bits per heavy atom. The lowest BCUT2D eigenvalue weighted by Gasteiger charge is -2.25. The van der Waals surface area contributed by atoms with Crippen molar-refractivity contribution in [2.24, 2.45) is 5.73 Å². The Kier molecular flexibility index (Phi) is 4.59. The number of nitrogens with zero attached hydrogens (tertiary/aromatic N) is 4. The Labute approximate surface area is 128 Å². The Balaban J connectivity index is 2.57. The zero-order chi connectivity index (χ0) is 15.4. The van der Waals surface area contributed by atoms with Gasteiger partial charge in [-0.2, -0.15) is 10.5 Å². The van der Waals surface area contributed by atoms with Crippen molar-refractivity contribution >= 4 is 11.6 Å². The highest BCUT2D eigenvalue weighted by Crippen LogP contribution is 2.26. The minimum atomic E-state index is -0.267. The topological polar surface area (TPSA) is 91.4 Å². The highest BCUT2D eigenvalue weighted by Gasteiger charge is 2.24. The Hall–Kier alpha value is -2.34. The van der Waals surface area contributed by atoms with Crippen LogP contribution >= 0.6 is 11.6 Å². The fourth-order valence-corrected chi connectivity index (χ4v) is 2.39. The summed E-state index contributed by atoms with van der Waals surface area (Å²) in [5.74, 6) is 0. The molecule has 0 bridgehead atoms. The predicted octanol–water partition coefficient (Wildman–Crippen LogP) is 2.61. The summed E-state index contributed by atoms with van der Waals surface area (Å²) >= 11 is 5.92. The van der Waals surface area contributed by atoms with Crippen molar-refractivity contribution in [2.45, 2.75) is 25.4 Å². The molecular weight excluding hydrogens is 286 g/mol. The van der Waals surface area contributed by atoms with Crippen molar-refractivity contribution in [1.29, 1.82) is 10.5 Å². The predicted molar refractivity (Wildman–Crippen MR) is 79.5 cm³/mol. The van der Waals surface area contributed by atoms with Gasteiger partial charge < -0.3 is 10.3 Å². The lowest BCUT2D eigenvalue weighted by molar-refractivity contribution is 0.455. The summed E-state index contributed by atoms with van der Waals surface area (Å²) in [4.78, 5) is 3.98. The second kappa shape index (κ2) is 6.41. The lowest BCUT2D eigenvalue weighted by atomic mass is 9.97. The molecule has 0 aliphatic carbocycles. The summed E-state index contributed by atoms with van der Waals surface area (Å²) in [5, 5.41) is 18.9. The Bertz CT molecular complexity index is 705. The summed E-state index contributed by atoms with van der Waals surface area (Å²) < 4.78 is 1.66. The minimum absolute atomic E-state index is 0.111. The molecule has 1 heterocycles. The zero-order valence-corrected chi connectivity index (χ0v) is 12.2. The molecule has 5 nitrogen and oxygen atoms in total. The number of halogens is 1. The molecule has 2 aromatic rings. The van der Waals surface area contributed by atoms with Crippen LogP contribution in [-0.2, 0) is 0 Å². The molecule has 0 aliphatic rings. The SMILES string of the molecule is CCC(N)C(c1ccc(Cl)cc1)n1cnc(C#N)c1C#N. The number of benzene rings is 1. The van der Waals surface area contributed by atoms with Crippen LogP contribution < -0.4 is 5.73 Å². The molecule has 1 aromatic heterocycles. The second-order valence-corrected chi connectivity index (χ2v) is 5.08. The fourth-order valence-electron chi connectivity index (χ4n) is 2.26. The van der Waals surface area contributed by atoms with Crippen LogP contribution in [0.3, 0.4) is 0 Å². The third kappa shape index (κ3) is 2.90. The highest BCUT2D eigenvalue weighted by atomic mass is 35.5. The van der Waals surface area contributed by atoms with E-state index in [1.807, 2.05) is 31.2 Å². The van der Waals surface area contributed by atoms with E-state index in [0.29, 0.717) is 5.02 Å². The van der Waals surface area contributed by atoms with Gasteiger partial charge in [-0.05, 0) is 24.1 Å². The summed E-state index contributed by atoms with van der Waals surface area (Å²) in [6.45, 7) is 1.97. The molecule has 0 saturated heterocycles. The van der Waals surface area contributed by atoms with Crippen LogP contribution in [0.2, 0.25) is 5.02 Å². The average Bonchev–Trinajstić information content (AvgIpc) is 2.91. The molecule has 6 heteroatoms. The van der Waals surface area contributed by atoms with Crippen molar-refractivity contribution in [1.82, 2.24) is 9.55 Å². The summed E-state index contributed by atoms with van der Waals surface area (Å²) in [5.41, 5.74) is 7.48. The van der Waals surface area contributed by atoms with Gasteiger partial charge >= 0.3 is 0 Å². The molecule has 0 radical (unpaired) electrons. The number of hydrogen-bond donors (Lipinski definition) is 1. The lowest BCUT2D eigenvalue weighted by Crippen LogP contribution is -2.32. The first-order chi connectivity index (χ1) is 10.1. The van der Waals surface area contributed by atoms with Gasteiger partial charge in [0, 0.05) is 11.1 Å². The molecule has 0 fully saturated rings. The standard InChI is InChI=1S/C15H14ClN5/c1-2-12(19)15(10-3-5-11(16)6-4-10)21-9-20-13(7-17)14(21)8-18/h3-6,9,12,15H,2,19H2,1H3. The molecule has 0 amide bonds. The van der Waals surface area contributed by atoms with Crippen LogP contribution in [0.4, 0.5) is 0 Å².